The molecule has 106 valence electrons. The highest BCUT2D eigenvalue weighted by molar-refractivity contribution is 5.62. The van der Waals surface area contributed by atoms with Gasteiger partial charge in [-0.25, -0.2) is 0 Å². The number of piperidine rings is 1. The Bertz CT molecular complexity index is 413. The first-order valence-corrected chi connectivity index (χ1v) is 7.07. The molecule has 1 aliphatic rings. The van der Waals surface area contributed by atoms with E-state index in [1.165, 1.54) is 0 Å². The van der Waals surface area contributed by atoms with Crippen LogP contribution in [-0.4, -0.2) is 30.9 Å². The lowest BCUT2D eigenvalue weighted by Crippen LogP contribution is -2.37. The zero-order valence-corrected chi connectivity index (χ0v) is 11.8. The van der Waals surface area contributed by atoms with E-state index in [0.29, 0.717) is 18.2 Å². The molecule has 0 bridgehead atoms. The highest BCUT2D eigenvalue weighted by Gasteiger charge is 2.23. The monoisotopic (exact) mass is 264 g/mol. The average Bonchev–Trinajstić information content (AvgIpc) is 2.41. The van der Waals surface area contributed by atoms with Gasteiger partial charge in [0.2, 0.25) is 0 Å². The number of rotatable bonds is 4. The Morgan fingerprint density at radius 2 is 2.11 bits per heavy atom. The first kappa shape index (κ1) is 14.0. The van der Waals surface area contributed by atoms with E-state index in [-0.39, 0.29) is 6.10 Å². The summed E-state index contributed by atoms with van der Waals surface area (Å²) in [6.45, 7) is 6.42. The third-order valence-corrected chi connectivity index (χ3v) is 3.88. The molecule has 0 saturated carbocycles. The molecule has 1 aromatic carbocycles. The van der Waals surface area contributed by atoms with E-state index in [2.05, 4.69) is 4.90 Å². The van der Waals surface area contributed by atoms with Crippen LogP contribution in [0.4, 0.5) is 11.4 Å². The lowest BCUT2D eigenvalue weighted by molar-refractivity contribution is 0.110. The molecular weight excluding hydrogens is 240 g/mol. The Balaban J connectivity index is 2.05. The Hall–Kier alpha value is -1.42. The summed E-state index contributed by atoms with van der Waals surface area (Å²) >= 11 is 0. The molecule has 0 spiro atoms. The maximum Gasteiger partial charge on any atom is 0.144 e. The first-order valence-electron chi connectivity index (χ1n) is 7.07. The second-order valence-corrected chi connectivity index (χ2v) is 5.22. The number of hydrogen-bond donors (Lipinski definition) is 2. The van der Waals surface area contributed by atoms with Gasteiger partial charge >= 0.3 is 0 Å². The van der Waals surface area contributed by atoms with E-state index in [9.17, 15) is 5.11 Å². The fraction of sp³-hybridized carbons (Fsp3) is 0.600. The second kappa shape index (κ2) is 6.15. The van der Waals surface area contributed by atoms with E-state index in [0.717, 1.165) is 37.4 Å². The van der Waals surface area contributed by atoms with E-state index >= 15 is 0 Å². The molecule has 0 radical (unpaired) electrons. The summed E-state index contributed by atoms with van der Waals surface area (Å²) in [5.41, 5.74) is 7.73. The van der Waals surface area contributed by atoms with E-state index in [4.69, 9.17) is 10.5 Å². The summed E-state index contributed by atoms with van der Waals surface area (Å²) in [5, 5.41) is 9.63. The number of nitrogens with two attached hydrogens (primary N) is 1. The molecule has 4 heteroatoms. The molecule has 1 saturated heterocycles. The molecule has 19 heavy (non-hydrogen) atoms. The van der Waals surface area contributed by atoms with Crippen LogP contribution in [-0.2, 0) is 0 Å². The zero-order chi connectivity index (χ0) is 13.8. The minimum Gasteiger partial charge on any atom is -0.492 e. The van der Waals surface area contributed by atoms with Crippen LogP contribution >= 0.6 is 0 Å². The Morgan fingerprint density at radius 3 is 2.68 bits per heavy atom. The molecule has 1 aromatic rings. The van der Waals surface area contributed by atoms with Crippen LogP contribution in [0.15, 0.2) is 18.2 Å². The van der Waals surface area contributed by atoms with Crippen LogP contribution in [0.1, 0.15) is 26.7 Å². The van der Waals surface area contributed by atoms with Crippen LogP contribution in [0.3, 0.4) is 0 Å². The maximum atomic E-state index is 9.63. The SMILES string of the molecule is CCOc1cc(N2CCC(C(C)O)CC2)ccc1N. The second-order valence-electron chi connectivity index (χ2n) is 5.22. The van der Waals surface area contributed by atoms with Crippen molar-refractivity contribution in [2.75, 3.05) is 30.3 Å². The molecule has 0 aromatic heterocycles. The largest absolute Gasteiger partial charge is 0.492 e. The van der Waals surface area contributed by atoms with Gasteiger partial charge < -0.3 is 20.5 Å². The standard InChI is InChI=1S/C15H24N2O2/c1-3-19-15-10-13(4-5-14(15)16)17-8-6-12(7-9-17)11(2)18/h4-5,10-12,18H,3,6-9,16H2,1-2H3. The number of aliphatic hydroxyl groups is 1. The number of anilines is 2. The summed E-state index contributed by atoms with van der Waals surface area (Å²) < 4.78 is 5.54. The van der Waals surface area contributed by atoms with E-state index in [1.807, 2.05) is 32.0 Å². The molecule has 2 rings (SSSR count). The third kappa shape index (κ3) is 3.32. The summed E-state index contributed by atoms with van der Waals surface area (Å²) in [7, 11) is 0. The van der Waals surface area contributed by atoms with Crippen molar-refractivity contribution in [3.8, 4) is 5.75 Å². The Labute approximate surface area is 115 Å². The molecule has 1 unspecified atom stereocenters. The van der Waals surface area contributed by atoms with Crippen molar-refractivity contribution in [3.05, 3.63) is 18.2 Å². The van der Waals surface area contributed by atoms with E-state index in [1.54, 1.807) is 0 Å². The number of nitrogens with zero attached hydrogens (tertiary/aromatic N) is 1. The van der Waals surface area contributed by atoms with Crippen molar-refractivity contribution in [1.82, 2.24) is 0 Å². The van der Waals surface area contributed by atoms with Gasteiger partial charge in [0.25, 0.3) is 0 Å². The quantitative estimate of drug-likeness (QED) is 0.819. The Morgan fingerprint density at radius 1 is 1.42 bits per heavy atom. The summed E-state index contributed by atoms with van der Waals surface area (Å²) in [6, 6.07) is 5.96. The normalized spacial score (nSPS) is 18.4. The summed E-state index contributed by atoms with van der Waals surface area (Å²) in [4.78, 5) is 2.33. The lowest BCUT2D eigenvalue weighted by Gasteiger charge is -2.35. The number of ether oxygens (including phenoxy) is 1. The third-order valence-electron chi connectivity index (χ3n) is 3.88. The van der Waals surface area contributed by atoms with Gasteiger partial charge in [-0.3, -0.25) is 0 Å². The number of aliphatic hydroxyl groups excluding tert-OH is 1. The van der Waals surface area contributed by atoms with Crippen LogP contribution in [0.2, 0.25) is 0 Å². The minimum atomic E-state index is -0.201. The van der Waals surface area contributed by atoms with Crippen molar-refractivity contribution < 1.29 is 9.84 Å². The van der Waals surface area contributed by atoms with Crippen LogP contribution in [0.5, 0.6) is 5.75 Å². The fourth-order valence-corrected chi connectivity index (χ4v) is 2.64. The molecule has 1 aliphatic heterocycles. The van der Waals surface area contributed by atoms with Crippen molar-refractivity contribution in [2.45, 2.75) is 32.8 Å². The average molecular weight is 264 g/mol. The van der Waals surface area contributed by atoms with Crippen molar-refractivity contribution in [2.24, 2.45) is 5.92 Å². The van der Waals surface area contributed by atoms with Gasteiger partial charge in [0, 0.05) is 24.8 Å². The van der Waals surface area contributed by atoms with Gasteiger partial charge in [0.15, 0.2) is 0 Å². The predicted molar refractivity (Wildman–Crippen MR) is 78.6 cm³/mol. The van der Waals surface area contributed by atoms with Gasteiger partial charge in [0.1, 0.15) is 5.75 Å². The minimum absolute atomic E-state index is 0.201. The molecule has 4 nitrogen and oxygen atoms in total. The summed E-state index contributed by atoms with van der Waals surface area (Å²) in [6.07, 6.45) is 1.87. The van der Waals surface area contributed by atoms with E-state index < -0.39 is 0 Å². The van der Waals surface area contributed by atoms with Crippen LogP contribution in [0.25, 0.3) is 0 Å². The van der Waals surface area contributed by atoms with Gasteiger partial charge in [0.05, 0.1) is 18.4 Å². The molecule has 0 aliphatic carbocycles. The molecule has 3 N–H and O–H groups in total. The number of benzene rings is 1. The molecular formula is C15H24N2O2. The van der Waals surface area contributed by atoms with Gasteiger partial charge in [-0.2, -0.15) is 0 Å². The van der Waals surface area contributed by atoms with Crippen molar-refractivity contribution in [3.63, 3.8) is 0 Å². The molecule has 1 fully saturated rings. The maximum absolute atomic E-state index is 9.63. The topological polar surface area (TPSA) is 58.7 Å². The molecule has 1 atom stereocenters. The summed E-state index contributed by atoms with van der Waals surface area (Å²) in [5.74, 6) is 1.19. The number of nitrogen functional groups attached to an aromatic ring is 1. The highest BCUT2D eigenvalue weighted by Crippen LogP contribution is 2.31. The Kier molecular flexibility index (Phi) is 4.53. The first-order chi connectivity index (χ1) is 9.11. The highest BCUT2D eigenvalue weighted by atomic mass is 16.5. The molecule has 0 amide bonds. The predicted octanol–water partition coefficient (Wildman–Crippen LogP) is 2.26. The van der Waals surface area contributed by atoms with Gasteiger partial charge in [-0.1, -0.05) is 0 Å². The number of hydrogen-bond acceptors (Lipinski definition) is 4. The van der Waals surface area contributed by atoms with Gasteiger partial charge in [-0.05, 0) is 44.7 Å². The lowest BCUT2D eigenvalue weighted by atomic mass is 9.92. The van der Waals surface area contributed by atoms with Crippen molar-refractivity contribution in [1.29, 1.82) is 0 Å². The van der Waals surface area contributed by atoms with Crippen molar-refractivity contribution >= 4 is 11.4 Å². The fourth-order valence-electron chi connectivity index (χ4n) is 2.64. The smallest absolute Gasteiger partial charge is 0.144 e. The van der Waals surface area contributed by atoms with Gasteiger partial charge in [-0.15, -0.1) is 0 Å². The van der Waals surface area contributed by atoms with Crippen LogP contribution in [0, 0.1) is 5.92 Å². The zero-order valence-electron chi connectivity index (χ0n) is 11.8. The van der Waals surface area contributed by atoms with Crippen LogP contribution < -0.4 is 15.4 Å². The molecule has 1 heterocycles.